The number of aryl methyl sites for hydroxylation is 1. The van der Waals surface area contributed by atoms with E-state index in [1.54, 1.807) is 0 Å². The Labute approximate surface area is 109 Å². The van der Waals surface area contributed by atoms with Crippen LogP contribution in [0.3, 0.4) is 0 Å². The predicted octanol–water partition coefficient (Wildman–Crippen LogP) is 5.02. The third-order valence-electron chi connectivity index (χ3n) is 3.65. The van der Waals surface area contributed by atoms with Crippen LogP contribution >= 0.6 is 0 Å². The van der Waals surface area contributed by atoms with E-state index in [1.807, 2.05) is 0 Å². The Morgan fingerprint density at radius 3 is 2.44 bits per heavy atom. The molecule has 0 aliphatic heterocycles. The summed E-state index contributed by atoms with van der Waals surface area (Å²) in [7, 11) is 0. The van der Waals surface area contributed by atoms with Crippen molar-refractivity contribution >= 4 is 6.08 Å². The first-order valence-corrected chi connectivity index (χ1v) is 6.54. The molecule has 3 rings (SSSR count). The van der Waals surface area contributed by atoms with Gasteiger partial charge >= 0.3 is 0 Å². The molecule has 0 aromatic heterocycles. The fraction of sp³-hybridized carbons (Fsp3) is 0.167. The lowest BCUT2D eigenvalue weighted by molar-refractivity contribution is 1.14. The van der Waals surface area contributed by atoms with Gasteiger partial charge in [0.25, 0.3) is 0 Å². The van der Waals surface area contributed by atoms with E-state index in [4.69, 9.17) is 0 Å². The van der Waals surface area contributed by atoms with Gasteiger partial charge in [-0.25, -0.2) is 0 Å². The fourth-order valence-corrected chi connectivity index (χ4v) is 2.61. The van der Waals surface area contributed by atoms with E-state index in [-0.39, 0.29) is 0 Å². The average molecular weight is 233 g/mol. The largest absolute Gasteiger partial charge is 0.0620 e. The van der Waals surface area contributed by atoms with E-state index in [0.29, 0.717) is 0 Å². The molecular formula is C18H17. The average Bonchev–Trinajstić information content (AvgIpc) is 2.82. The Morgan fingerprint density at radius 2 is 1.67 bits per heavy atom. The molecule has 1 aliphatic carbocycles. The van der Waals surface area contributed by atoms with Crippen LogP contribution in [0.4, 0.5) is 0 Å². The Balaban J connectivity index is 2.18. The minimum atomic E-state index is 1.10. The second kappa shape index (κ2) is 4.45. The first kappa shape index (κ1) is 11.3. The summed E-state index contributed by atoms with van der Waals surface area (Å²) >= 11 is 0. The number of rotatable bonds is 2. The highest BCUT2D eigenvalue weighted by molar-refractivity contribution is 5.84. The second-order valence-electron chi connectivity index (χ2n) is 4.84. The van der Waals surface area contributed by atoms with Crippen LogP contribution in [0.2, 0.25) is 0 Å². The normalized spacial score (nSPS) is 13.3. The minimum absolute atomic E-state index is 1.10. The summed E-state index contributed by atoms with van der Waals surface area (Å²) in [6.07, 6.45) is 5.73. The van der Waals surface area contributed by atoms with Crippen molar-refractivity contribution in [2.75, 3.05) is 0 Å². The molecule has 89 valence electrons. The van der Waals surface area contributed by atoms with Crippen LogP contribution in [0.1, 0.15) is 30.0 Å². The smallest absolute Gasteiger partial charge is 0.0164 e. The molecule has 0 nitrogen and oxygen atoms in total. The molecule has 1 aliphatic rings. The molecule has 0 spiro atoms. The second-order valence-corrected chi connectivity index (χ2v) is 4.84. The van der Waals surface area contributed by atoms with Crippen molar-refractivity contribution in [3.8, 4) is 11.1 Å². The predicted molar refractivity (Wildman–Crippen MR) is 78.3 cm³/mol. The van der Waals surface area contributed by atoms with Crippen LogP contribution in [0.15, 0.2) is 48.0 Å². The molecule has 2 aromatic rings. The third-order valence-corrected chi connectivity index (χ3v) is 3.65. The van der Waals surface area contributed by atoms with Gasteiger partial charge in [0, 0.05) is 6.42 Å². The molecule has 0 amide bonds. The molecule has 0 fully saturated rings. The number of hydrogen-bond acceptors (Lipinski definition) is 0. The molecule has 0 unspecified atom stereocenters. The van der Waals surface area contributed by atoms with Gasteiger partial charge in [-0.1, -0.05) is 61.0 Å². The molecular weight excluding hydrogens is 216 g/mol. The summed E-state index contributed by atoms with van der Waals surface area (Å²) in [6.45, 7) is 4.39. The lowest BCUT2D eigenvalue weighted by Gasteiger charge is -2.10. The first-order chi connectivity index (χ1) is 8.79. The Morgan fingerprint density at radius 1 is 0.889 bits per heavy atom. The van der Waals surface area contributed by atoms with E-state index < -0.39 is 0 Å². The highest BCUT2D eigenvalue weighted by Crippen LogP contribution is 2.36. The summed E-state index contributed by atoms with van der Waals surface area (Å²) in [5, 5.41) is 0. The van der Waals surface area contributed by atoms with Crippen LogP contribution in [0, 0.1) is 13.3 Å². The Bertz CT molecular complexity index is 618. The SMILES string of the molecule is CCC1=Cc2c(cccc2-c2ccccc2C)[CH]1. The maximum Gasteiger partial charge on any atom is 0.0164 e. The number of fused-ring (bicyclic) bond motifs is 1. The van der Waals surface area contributed by atoms with Crippen LogP contribution in [-0.2, 0) is 0 Å². The maximum atomic E-state index is 2.33. The molecule has 18 heavy (non-hydrogen) atoms. The van der Waals surface area contributed by atoms with E-state index in [9.17, 15) is 0 Å². The summed E-state index contributed by atoms with van der Waals surface area (Å²) in [6, 6.07) is 15.2. The number of allylic oxidation sites excluding steroid dienone is 1. The lowest BCUT2D eigenvalue weighted by atomic mass is 9.94. The van der Waals surface area contributed by atoms with Crippen LogP contribution in [0.5, 0.6) is 0 Å². The van der Waals surface area contributed by atoms with E-state index >= 15 is 0 Å². The highest BCUT2D eigenvalue weighted by atomic mass is 14.2. The zero-order valence-electron chi connectivity index (χ0n) is 10.9. The molecule has 0 heterocycles. The van der Waals surface area contributed by atoms with Crippen LogP contribution in [0.25, 0.3) is 17.2 Å². The van der Waals surface area contributed by atoms with Crippen LogP contribution < -0.4 is 0 Å². The summed E-state index contributed by atoms with van der Waals surface area (Å²) in [5.74, 6) is 0. The molecule has 0 saturated carbocycles. The monoisotopic (exact) mass is 233 g/mol. The molecule has 0 atom stereocenters. The number of hydrogen-bond donors (Lipinski definition) is 0. The van der Waals surface area contributed by atoms with E-state index in [0.717, 1.165) is 6.42 Å². The third kappa shape index (κ3) is 1.78. The summed E-state index contributed by atoms with van der Waals surface area (Å²) in [5.41, 5.74) is 8.19. The van der Waals surface area contributed by atoms with Gasteiger partial charge < -0.3 is 0 Å². The zero-order chi connectivity index (χ0) is 12.5. The Hall–Kier alpha value is -1.82. The zero-order valence-corrected chi connectivity index (χ0v) is 10.9. The van der Waals surface area contributed by atoms with Gasteiger partial charge in [0.2, 0.25) is 0 Å². The maximum absolute atomic E-state index is 2.33. The van der Waals surface area contributed by atoms with Gasteiger partial charge in [-0.05, 0) is 41.2 Å². The molecule has 1 radical (unpaired) electrons. The molecule has 0 saturated heterocycles. The fourth-order valence-electron chi connectivity index (χ4n) is 2.61. The number of benzene rings is 2. The van der Waals surface area contributed by atoms with Crippen molar-refractivity contribution in [2.45, 2.75) is 20.3 Å². The van der Waals surface area contributed by atoms with Gasteiger partial charge in [0.1, 0.15) is 0 Å². The quantitative estimate of drug-likeness (QED) is 0.683. The van der Waals surface area contributed by atoms with Crippen molar-refractivity contribution in [1.82, 2.24) is 0 Å². The van der Waals surface area contributed by atoms with Crippen molar-refractivity contribution < 1.29 is 0 Å². The van der Waals surface area contributed by atoms with Crippen LogP contribution in [-0.4, -0.2) is 0 Å². The van der Waals surface area contributed by atoms with Crippen molar-refractivity contribution in [2.24, 2.45) is 0 Å². The molecule has 2 aromatic carbocycles. The lowest BCUT2D eigenvalue weighted by Crippen LogP contribution is -1.88. The van der Waals surface area contributed by atoms with Crippen molar-refractivity contribution in [3.63, 3.8) is 0 Å². The highest BCUT2D eigenvalue weighted by Gasteiger charge is 2.16. The van der Waals surface area contributed by atoms with Gasteiger partial charge in [-0.3, -0.25) is 0 Å². The van der Waals surface area contributed by atoms with Gasteiger partial charge in [-0.2, -0.15) is 0 Å². The first-order valence-electron chi connectivity index (χ1n) is 6.54. The molecule has 0 N–H and O–H groups in total. The molecule has 0 bridgehead atoms. The standard InChI is InChI=1S/C18H17/c1-3-14-11-15-8-6-10-17(18(15)12-14)16-9-5-4-7-13(16)2/h4-12H,3H2,1-2H3. The summed E-state index contributed by atoms with van der Waals surface area (Å²) < 4.78 is 0. The van der Waals surface area contributed by atoms with Crippen molar-refractivity contribution in [1.29, 1.82) is 0 Å². The van der Waals surface area contributed by atoms with Gasteiger partial charge in [0.15, 0.2) is 0 Å². The summed E-state index contributed by atoms with van der Waals surface area (Å²) in [4.78, 5) is 0. The Kier molecular flexibility index (Phi) is 2.79. The topological polar surface area (TPSA) is 0 Å². The van der Waals surface area contributed by atoms with Gasteiger partial charge in [-0.15, -0.1) is 0 Å². The van der Waals surface area contributed by atoms with E-state index in [1.165, 1.54) is 33.4 Å². The molecule has 0 heteroatoms. The van der Waals surface area contributed by atoms with Gasteiger partial charge in [0.05, 0.1) is 0 Å². The van der Waals surface area contributed by atoms with Crippen molar-refractivity contribution in [3.05, 3.63) is 71.1 Å². The minimum Gasteiger partial charge on any atom is -0.0620 e. The van der Waals surface area contributed by atoms with E-state index in [2.05, 4.69) is 68.8 Å².